The van der Waals surface area contributed by atoms with Gasteiger partial charge in [0.2, 0.25) is 5.13 Å². The second kappa shape index (κ2) is 6.22. The molecule has 1 amide bonds. The zero-order valence-corrected chi connectivity index (χ0v) is 15.4. The highest BCUT2D eigenvalue weighted by atomic mass is 32.1. The number of anilines is 1. The Morgan fingerprint density at radius 1 is 0.926 bits per heavy atom. The Labute approximate surface area is 162 Å². The van der Waals surface area contributed by atoms with Crippen LogP contribution in [0.5, 0.6) is 0 Å². The van der Waals surface area contributed by atoms with E-state index in [9.17, 15) is 9.59 Å². The van der Waals surface area contributed by atoms with Gasteiger partial charge >= 0.3 is 0 Å². The summed E-state index contributed by atoms with van der Waals surface area (Å²) in [7, 11) is 0. The van der Waals surface area contributed by atoms with Crippen LogP contribution in [0.15, 0.2) is 59.3 Å². The van der Waals surface area contributed by atoms with Crippen molar-refractivity contribution in [1.82, 2.24) is 10.2 Å². The summed E-state index contributed by atoms with van der Waals surface area (Å²) < 4.78 is 0. The summed E-state index contributed by atoms with van der Waals surface area (Å²) in [5.74, 6) is -0.361. The van der Waals surface area contributed by atoms with Crippen LogP contribution in [0.25, 0.3) is 21.7 Å². The third-order valence-corrected chi connectivity index (χ3v) is 5.97. The maximum Gasteiger partial charge on any atom is 0.257 e. The first kappa shape index (κ1) is 16.0. The van der Waals surface area contributed by atoms with E-state index in [1.165, 1.54) is 11.3 Å². The fourth-order valence-electron chi connectivity index (χ4n) is 3.12. The molecule has 0 bridgehead atoms. The van der Waals surface area contributed by atoms with Crippen LogP contribution >= 0.6 is 22.7 Å². The number of ketones is 1. The lowest BCUT2D eigenvalue weighted by atomic mass is 10.0. The molecule has 130 valence electrons. The number of amides is 1. The van der Waals surface area contributed by atoms with Gasteiger partial charge in [0, 0.05) is 27.6 Å². The third kappa shape index (κ3) is 2.68. The van der Waals surface area contributed by atoms with Gasteiger partial charge in [0.05, 0.1) is 0 Å². The number of carbonyl (C=O) groups is 2. The average Bonchev–Trinajstić information content (AvgIpc) is 3.43. The van der Waals surface area contributed by atoms with Gasteiger partial charge in [0.15, 0.2) is 5.78 Å². The minimum absolute atomic E-state index is 0.0501. The summed E-state index contributed by atoms with van der Waals surface area (Å²) >= 11 is 2.90. The second-order valence-electron chi connectivity index (χ2n) is 6.01. The molecule has 0 radical (unpaired) electrons. The van der Waals surface area contributed by atoms with Gasteiger partial charge < -0.3 is 0 Å². The van der Waals surface area contributed by atoms with E-state index in [0.29, 0.717) is 21.8 Å². The van der Waals surface area contributed by atoms with Crippen molar-refractivity contribution in [3.8, 4) is 21.7 Å². The standard InChI is InChI=1S/C20H11N3O2S2/c24-17-15-4-2-1-3-13(15)14-6-5-11(9-16(14)17)18(25)21-20-23-22-19(27-20)12-7-8-26-10-12/h1-10H,(H,21,23,25). The molecule has 2 heterocycles. The van der Waals surface area contributed by atoms with Crippen LogP contribution in [0, 0.1) is 0 Å². The number of fused-ring (bicyclic) bond motifs is 3. The van der Waals surface area contributed by atoms with E-state index in [-0.39, 0.29) is 11.7 Å². The van der Waals surface area contributed by atoms with Crippen molar-refractivity contribution < 1.29 is 9.59 Å². The molecule has 4 aromatic rings. The highest BCUT2D eigenvalue weighted by Crippen LogP contribution is 2.37. The first-order chi connectivity index (χ1) is 13.2. The molecule has 0 fully saturated rings. The van der Waals surface area contributed by atoms with Gasteiger partial charge in [0.25, 0.3) is 5.91 Å². The molecular weight excluding hydrogens is 378 g/mol. The number of carbonyl (C=O) groups excluding carboxylic acids is 2. The van der Waals surface area contributed by atoms with Crippen molar-refractivity contribution in [2.75, 3.05) is 5.32 Å². The van der Waals surface area contributed by atoms with E-state index in [2.05, 4.69) is 15.5 Å². The average molecular weight is 389 g/mol. The summed E-state index contributed by atoms with van der Waals surface area (Å²) in [5.41, 5.74) is 4.41. The van der Waals surface area contributed by atoms with Gasteiger partial charge in [-0.15, -0.1) is 10.2 Å². The molecule has 0 aliphatic heterocycles. The molecule has 0 spiro atoms. The molecule has 1 aliphatic carbocycles. The van der Waals surface area contributed by atoms with Gasteiger partial charge in [-0.05, 0) is 34.7 Å². The summed E-state index contributed by atoms with van der Waals surface area (Å²) in [6.07, 6.45) is 0. The quantitative estimate of drug-likeness (QED) is 0.484. The molecule has 2 aromatic carbocycles. The largest absolute Gasteiger partial charge is 0.296 e. The van der Waals surface area contributed by atoms with Crippen molar-refractivity contribution in [3.63, 3.8) is 0 Å². The van der Waals surface area contributed by atoms with Gasteiger partial charge in [-0.25, -0.2) is 0 Å². The summed E-state index contributed by atoms with van der Waals surface area (Å²) in [4.78, 5) is 25.2. The lowest BCUT2D eigenvalue weighted by Crippen LogP contribution is -2.12. The Bertz CT molecular complexity index is 1200. The molecule has 0 atom stereocenters. The molecule has 2 aromatic heterocycles. The minimum Gasteiger partial charge on any atom is -0.296 e. The Kier molecular flexibility index (Phi) is 3.70. The molecule has 27 heavy (non-hydrogen) atoms. The predicted octanol–water partition coefficient (Wildman–Crippen LogP) is 4.73. The Morgan fingerprint density at radius 3 is 2.56 bits per heavy atom. The zero-order chi connectivity index (χ0) is 18.4. The molecule has 7 heteroatoms. The van der Waals surface area contributed by atoms with E-state index in [1.54, 1.807) is 23.5 Å². The van der Waals surface area contributed by atoms with Crippen LogP contribution in [0.4, 0.5) is 5.13 Å². The van der Waals surface area contributed by atoms with Gasteiger partial charge in [-0.3, -0.25) is 14.9 Å². The Morgan fingerprint density at radius 2 is 1.74 bits per heavy atom. The normalized spacial score (nSPS) is 11.9. The van der Waals surface area contributed by atoms with E-state index >= 15 is 0 Å². The third-order valence-electron chi connectivity index (χ3n) is 4.40. The Hall–Kier alpha value is -3.16. The van der Waals surface area contributed by atoms with E-state index < -0.39 is 0 Å². The minimum atomic E-state index is -0.311. The number of hydrogen-bond donors (Lipinski definition) is 1. The molecule has 0 saturated heterocycles. The number of nitrogens with one attached hydrogen (secondary N) is 1. The number of rotatable bonds is 3. The van der Waals surface area contributed by atoms with Gasteiger partial charge in [-0.1, -0.05) is 41.7 Å². The van der Waals surface area contributed by atoms with E-state index in [1.807, 2.05) is 47.2 Å². The van der Waals surface area contributed by atoms with Crippen LogP contribution < -0.4 is 5.32 Å². The lowest BCUT2D eigenvalue weighted by Gasteiger charge is -2.04. The topological polar surface area (TPSA) is 72.0 Å². The molecule has 5 nitrogen and oxygen atoms in total. The van der Waals surface area contributed by atoms with Crippen molar-refractivity contribution in [2.24, 2.45) is 0 Å². The van der Waals surface area contributed by atoms with E-state index in [0.717, 1.165) is 21.7 Å². The first-order valence-electron chi connectivity index (χ1n) is 8.16. The molecule has 0 unspecified atom stereocenters. The van der Waals surface area contributed by atoms with Crippen LogP contribution in [-0.2, 0) is 0 Å². The summed E-state index contributed by atoms with van der Waals surface area (Å²) in [5, 5.41) is 16.0. The lowest BCUT2D eigenvalue weighted by molar-refractivity contribution is 0.102. The molecule has 5 rings (SSSR count). The maximum atomic E-state index is 12.6. The number of hydrogen-bond acceptors (Lipinski definition) is 6. The second-order valence-corrected chi connectivity index (χ2v) is 7.77. The highest BCUT2D eigenvalue weighted by Gasteiger charge is 2.27. The SMILES string of the molecule is O=C(Nc1nnc(-c2ccsc2)s1)c1ccc2c(c1)C(=O)c1ccccc1-2. The monoisotopic (exact) mass is 389 g/mol. The fraction of sp³-hybridized carbons (Fsp3) is 0. The van der Waals surface area contributed by atoms with Crippen molar-refractivity contribution in [2.45, 2.75) is 0 Å². The smallest absolute Gasteiger partial charge is 0.257 e. The molecule has 0 saturated carbocycles. The number of thiophene rings is 1. The molecule has 1 N–H and O–H groups in total. The van der Waals surface area contributed by atoms with Crippen LogP contribution in [-0.4, -0.2) is 21.9 Å². The molecular formula is C20H11N3O2S2. The van der Waals surface area contributed by atoms with Crippen molar-refractivity contribution in [3.05, 3.63) is 76.0 Å². The maximum absolute atomic E-state index is 12.6. The van der Waals surface area contributed by atoms with E-state index in [4.69, 9.17) is 0 Å². The molecule has 1 aliphatic rings. The van der Waals surface area contributed by atoms with Gasteiger partial charge in [-0.2, -0.15) is 11.3 Å². The van der Waals surface area contributed by atoms with Crippen molar-refractivity contribution >= 4 is 39.5 Å². The number of benzene rings is 2. The summed E-state index contributed by atoms with van der Waals surface area (Å²) in [6, 6.07) is 14.6. The van der Waals surface area contributed by atoms with Crippen LogP contribution in [0.3, 0.4) is 0 Å². The Balaban J connectivity index is 1.42. The number of aromatic nitrogens is 2. The number of nitrogens with zero attached hydrogens (tertiary/aromatic N) is 2. The first-order valence-corrected chi connectivity index (χ1v) is 9.92. The fourth-order valence-corrected chi connectivity index (χ4v) is 4.57. The van der Waals surface area contributed by atoms with Crippen LogP contribution in [0.2, 0.25) is 0 Å². The van der Waals surface area contributed by atoms with Crippen molar-refractivity contribution in [1.29, 1.82) is 0 Å². The highest BCUT2D eigenvalue weighted by molar-refractivity contribution is 7.19. The zero-order valence-electron chi connectivity index (χ0n) is 13.8. The van der Waals surface area contributed by atoms with Gasteiger partial charge in [0.1, 0.15) is 5.01 Å². The summed E-state index contributed by atoms with van der Waals surface area (Å²) in [6.45, 7) is 0. The van der Waals surface area contributed by atoms with Crippen LogP contribution in [0.1, 0.15) is 26.3 Å². The predicted molar refractivity (Wildman–Crippen MR) is 106 cm³/mol.